The maximum atomic E-state index is 10.8. The van der Waals surface area contributed by atoms with Gasteiger partial charge in [-0.15, -0.1) is 11.3 Å². The quantitative estimate of drug-likeness (QED) is 0.839. The molecular formula is C14H21ClOS. The van der Waals surface area contributed by atoms with Crippen molar-refractivity contribution in [2.24, 2.45) is 11.3 Å². The Bertz CT molecular complexity index is 399. The van der Waals surface area contributed by atoms with Crippen LogP contribution in [0.5, 0.6) is 0 Å². The Morgan fingerprint density at radius 1 is 1.41 bits per heavy atom. The zero-order valence-corrected chi connectivity index (χ0v) is 12.4. The van der Waals surface area contributed by atoms with Crippen LogP contribution in [0.15, 0.2) is 12.1 Å². The molecule has 1 nitrogen and oxygen atoms in total. The molecular weight excluding hydrogens is 252 g/mol. The predicted octanol–water partition coefficient (Wildman–Crippen LogP) is 4.52. The molecule has 0 spiro atoms. The van der Waals surface area contributed by atoms with Crippen LogP contribution in [-0.4, -0.2) is 10.7 Å². The first kappa shape index (κ1) is 13.4. The molecule has 1 fully saturated rings. The third-order valence-electron chi connectivity index (χ3n) is 4.12. The molecule has 0 amide bonds. The van der Waals surface area contributed by atoms with Gasteiger partial charge in [-0.1, -0.05) is 32.4 Å². The van der Waals surface area contributed by atoms with Gasteiger partial charge in [-0.3, -0.25) is 0 Å². The minimum Gasteiger partial charge on any atom is -0.389 e. The molecule has 96 valence electrons. The molecule has 0 aromatic carbocycles. The maximum absolute atomic E-state index is 10.8. The summed E-state index contributed by atoms with van der Waals surface area (Å²) in [5.74, 6) is 0.354. The van der Waals surface area contributed by atoms with Crippen molar-refractivity contribution in [2.45, 2.75) is 52.1 Å². The van der Waals surface area contributed by atoms with Crippen LogP contribution < -0.4 is 0 Å². The summed E-state index contributed by atoms with van der Waals surface area (Å²) in [6, 6.07) is 3.96. The molecule has 0 aliphatic heterocycles. The molecule has 1 aliphatic carbocycles. The summed E-state index contributed by atoms with van der Waals surface area (Å²) < 4.78 is 0.812. The van der Waals surface area contributed by atoms with Crippen molar-refractivity contribution in [1.29, 1.82) is 0 Å². The van der Waals surface area contributed by atoms with Crippen molar-refractivity contribution in [2.75, 3.05) is 0 Å². The third kappa shape index (κ3) is 3.04. The Morgan fingerprint density at radius 2 is 2.12 bits per heavy atom. The Balaban J connectivity index is 2.09. The van der Waals surface area contributed by atoms with Gasteiger partial charge in [0.1, 0.15) is 0 Å². The molecule has 1 N–H and O–H groups in total. The summed E-state index contributed by atoms with van der Waals surface area (Å²) in [6.07, 6.45) is 3.86. The fourth-order valence-electron chi connectivity index (χ4n) is 2.93. The van der Waals surface area contributed by atoms with E-state index in [2.05, 4.69) is 20.8 Å². The molecule has 2 rings (SSSR count). The normalized spacial score (nSPS) is 32.6. The second-order valence-electron chi connectivity index (χ2n) is 6.26. The summed E-state index contributed by atoms with van der Waals surface area (Å²) >= 11 is 7.53. The van der Waals surface area contributed by atoms with E-state index in [1.165, 1.54) is 4.88 Å². The zero-order chi connectivity index (χ0) is 12.7. The van der Waals surface area contributed by atoms with Gasteiger partial charge in [0.15, 0.2) is 0 Å². The molecule has 0 saturated heterocycles. The van der Waals surface area contributed by atoms with Crippen LogP contribution in [-0.2, 0) is 6.42 Å². The first-order valence-electron chi connectivity index (χ1n) is 6.27. The second-order valence-corrected chi connectivity index (χ2v) is 8.06. The molecule has 1 aromatic rings. The number of thiophene rings is 1. The fourth-order valence-corrected chi connectivity index (χ4v) is 4.14. The molecule has 2 unspecified atom stereocenters. The monoisotopic (exact) mass is 272 g/mol. The Labute approximate surface area is 113 Å². The number of hydrogen-bond acceptors (Lipinski definition) is 2. The van der Waals surface area contributed by atoms with Crippen molar-refractivity contribution in [3.8, 4) is 0 Å². The van der Waals surface area contributed by atoms with E-state index < -0.39 is 5.60 Å². The largest absolute Gasteiger partial charge is 0.389 e. The number of aliphatic hydroxyl groups is 1. The Morgan fingerprint density at radius 3 is 2.65 bits per heavy atom. The van der Waals surface area contributed by atoms with Crippen molar-refractivity contribution in [3.05, 3.63) is 21.3 Å². The summed E-state index contributed by atoms with van der Waals surface area (Å²) in [5, 5.41) is 10.8. The highest BCUT2D eigenvalue weighted by Crippen LogP contribution is 2.45. The molecule has 0 radical (unpaired) electrons. The lowest BCUT2D eigenvalue weighted by Crippen LogP contribution is -2.45. The van der Waals surface area contributed by atoms with E-state index in [1.807, 2.05) is 12.1 Å². The summed E-state index contributed by atoms with van der Waals surface area (Å²) in [4.78, 5) is 1.20. The Kier molecular flexibility index (Phi) is 3.59. The third-order valence-corrected chi connectivity index (χ3v) is 5.35. The van der Waals surface area contributed by atoms with Crippen molar-refractivity contribution in [1.82, 2.24) is 0 Å². The average molecular weight is 273 g/mol. The highest BCUT2D eigenvalue weighted by Gasteiger charge is 2.42. The molecule has 1 saturated carbocycles. The molecule has 1 aromatic heterocycles. The van der Waals surface area contributed by atoms with Gasteiger partial charge in [-0.25, -0.2) is 0 Å². The van der Waals surface area contributed by atoms with Crippen LogP contribution in [0.25, 0.3) is 0 Å². The van der Waals surface area contributed by atoms with Gasteiger partial charge in [0.05, 0.1) is 9.94 Å². The van der Waals surface area contributed by atoms with Gasteiger partial charge < -0.3 is 5.11 Å². The van der Waals surface area contributed by atoms with Gasteiger partial charge in [0.2, 0.25) is 0 Å². The number of hydrogen-bond donors (Lipinski definition) is 1. The van der Waals surface area contributed by atoms with Gasteiger partial charge in [-0.2, -0.15) is 0 Å². The van der Waals surface area contributed by atoms with E-state index in [-0.39, 0.29) is 0 Å². The first-order chi connectivity index (χ1) is 7.81. The van der Waals surface area contributed by atoms with E-state index >= 15 is 0 Å². The zero-order valence-electron chi connectivity index (χ0n) is 10.8. The fraction of sp³-hybridized carbons (Fsp3) is 0.714. The topological polar surface area (TPSA) is 20.2 Å². The highest BCUT2D eigenvalue weighted by atomic mass is 35.5. The van der Waals surface area contributed by atoms with E-state index in [1.54, 1.807) is 11.3 Å². The van der Waals surface area contributed by atoms with Crippen LogP contribution in [0.2, 0.25) is 4.34 Å². The molecule has 1 heterocycles. The van der Waals surface area contributed by atoms with E-state index in [0.29, 0.717) is 11.3 Å². The first-order valence-corrected chi connectivity index (χ1v) is 7.47. The molecule has 0 bridgehead atoms. The van der Waals surface area contributed by atoms with E-state index in [0.717, 1.165) is 30.0 Å². The molecule has 1 aliphatic rings. The van der Waals surface area contributed by atoms with Gasteiger partial charge >= 0.3 is 0 Å². The summed E-state index contributed by atoms with van der Waals surface area (Å²) in [6.45, 7) is 6.77. The molecule has 3 heteroatoms. The van der Waals surface area contributed by atoms with Crippen LogP contribution in [0.1, 0.15) is 44.9 Å². The average Bonchev–Trinajstić information content (AvgIpc) is 2.59. The standard InChI is InChI=1S/C14H21ClOS/c1-10-8-13(2,3)6-7-14(10,16)9-11-4-5-12(15)17-11/h4-5,10,16H,6-9H2,1-3H3. The van der Waals surface area contributed by atoms with Crippen LogP contribution in [0.4, 0.5) is 0 Å². The lowest BCUT2D eigenvalue weighted by molar-refractivity contribution is -0.0699. The van der Waals surface area contributed by atoms with Gasteiger partial charge in [-0.05, 0) is 42.7 Å². The Hall–Kier alpha value is -0.0500. The highest BCUT2D eigenvalue weighted by molar-refractivity contribution is 7.16. The summed E-state index contributed by atoms with van der Waals surface area (Å²) in [7, 11) is 0. The van der Waals surface area contributed by atoms with Gasteiger partial charge in [0.25, 0.3) is 0 Å². The predicted molar refractivity (Wildman–Crippen MR) is 74.8 cm³/mol. The minimum atomic E-state index is -0.538. The summed E-state index contributed by atoms with van der Waals surface area (Å²) in [5.41, 5.74) is -0.164. The SMILES string of the molecule is CC1CC(C)(C)CCC1(O)Cc1ccc(Cl)s1. The number of rotatable bonds is 2. The van der Waals surface area contributed by atoms with E-state index in [9.17, 15) is 5.11 Å². The van der Waals surface area contributed by atoms with Crippen LogP contribution >= 0.6 is 22.9 Å². The lowest BCUT2D eigenvalue weighted by Gasteiger charge is -2.45. The second kappa shape index (κ2) is 4.56. The van der Waals surface area contributed by atoms with Gasteiger partial charge in [0, 0.05) is 11.3 Å². The maximum Gasteiger partial charge on any atom is 0.0931 e. The van der Waals surface area contributed by atoms with Crippen LogP contribution in [0, 0.1) is 11.3 Å². The van der Waals surface area contributed by atoms with Crippen molar-refractivity contribution >= 4 is 22.9 Å². The number of halogens is 1. The smallest absolute Gasteiger partial charge is 0.0931 e. The van der Waals surface area contributed by atoms with Crippen molar-refractivity contribution < 1.29 is 5.11 Å². The molecule has 2 atom stereocenters. The molecule has 17 heavy (non-hydrogen) atoms. The lowest BCUT2D eigenvalue weighted by atomic mass is 9.64. The minimum absolute atomic E-state index is 0.354. The van der Waals surface area contributed by atoms with E-state index in [4.69, 9.17) is 11.6 Å². The van der Waals surface area contributed by atoms with Crippen molar-refractivity contribution in [3.63, 3.8) is 0 Å². The van der Waals surface area contributed by atoms with Crippen LogP contribution in [0.3, 0.4) is 0 Å².